The van der Waals surface area contributed by atoms with Crippen LogP contribution >= 0.6 is 0 Å². The van der Waals surface area contributed by atoms with Crippen molar-refractivity contribution in [3.05, 3.63) is 35.4 Å². The minimum Gasteiger partial charge on any atom is -0.379 e. The smallest absolute Gasteiger partial charge is 0.253 e. The number of aliphatic hydroxyl groups is 2. The predicted octanol–water partition coefficient (Wildman–Crippen LogP) is 0.422. The molecular formula is C12H17NO3. The predicted molar refractivity (Wildman–Crippen MR) is 59.7 cm³/mol. The third-order valence-corrected chi connectivity index (χ3v) is 2.86. The maximum Gasteiger partial charge on any atom is 0.253 e. The summed E-state index contributed by atoms with van der Waals surface area (Å²) >= 11 is 0. The van der Waals surface area contributed by atoms with E-state index in [-0.39, 0.29) is 0 Å². The molecule has 0 radical (unpaired) electrons. The second-order valence-electron chi connectivity index (χ2n) is 4.10. The first-order valence-corrected chi connectivity index (χ1v) is 5.45. The summed E-state index contributed by atoms with van der Waals surface area (Å²) in [6.45, 7) is 4.06. The van der Waals surface area contributed by atoms with Gasteiger partial charge in [0.2, 0.25) is 0 Å². The fourth-order valence-electron chi connectivity index (χ4n) is 1.91. The lowest BCUT2D eigenvalue weighted by Crippen LogP contribution is -2.51. The third kappa shape index (κ3) is 2.25. The van der Waals surface area contributed by atoms with Crippen LogP contribution in [0.25, 0.3) is 0 Å². The molecule has 1 aliphatic rings. The molecule has 1 saturated heterocycles. The molecule has 0 bridgehead atoms. The van der Waals surface area contributed by atoms with Gasteiger partial charge in [-0.3, -0.25) is 0 Å². The van der Waals surface area contributed by atoms with Gasteiger partial charge in [0.25, 0.3) is 5.91 Å². The van der Waals surface area contributed by atoms with Crippen molar-refractivity contribution < 1.29 is 14.9 Å². The van der Waals surface area contributed by atoms with Crippen LogP contribution in [0.15, 0.2) is 24.3 Å². The number of benzene rings is 1. The van der Waals surface area contributed by atoms with E-state index in [1.807, 2.05) is 19.1 Å². The minimum absolute atomic E-state index is 0.509. The summed E-state index contributed by atoms with van der Waals surface area (Å²) in [5.41, 5.74) is 1.52. The molecule has 0 aliphatic carbocycles. The molecular weight excluding hydrogens is 206 g/mol. The Morgan fingerprint density at radius 1 is 1.25 bits per heavy atom. The average Bonchev–Trinajstić information content (AvgIpc) is 2.30. The van der Waals surface area contributed by atoms with Gasteiger partial charge in [-0.2, -0.15) is 0 Å². The van der Waals surface area contributed by atoms with E-state index in [0.29, 0.717) is 31.9 Å². The maximum atomic E-state index is 10.2. The van der Waals surface area contributed by atoms with Gasteiger partial charge < -0.3 is 14.9 Å². The molecule has 1 aromatic rings. The number of rotatable bonds is 2. The van der Waals surface area contributed by atoms with E-state index in [0.717, 1.165) is 5.56 Å². The van der Waals surface area contributed by atoms with Crippen LogP contribution in [0.5, 0.6) is 0 Å². The zero-order chi connectivity index (χ0) is 11.6. The SMILES string of the molecule is Cc1cccc(C(O)(O)N2CCOCC2)c1. The van der Waals surface area contributed by atoms with E-state index >= 15 is 0 Å². The number of nitrogens with zero attached hydrogens (tertiary/aromatic N) is 1. The van der Waals surface area contributed by atoms with Crippen molar-refractivity contribution in [2.75, 3.05) is 26.3 Å². The monoisotopic (exact) mass is 223 g/mol. The Hall–Kier alpha value is -0.940. The fourth-order valence-corrected chi connectivity index (χ4v) is 1.91. The minimum atomic E-state index is -1.89. The Balaban J connectivity index is 2.22. The van der Waals surface area contributed by atoms with E-state index in [9.17, 15) is 10.2 Å². The molecule has 4 heteroatoms. The van der Waals surface area contributed by atoms with Gasteiger partial charge in [-0.1, -0.05) is 23.8 Å². The van der Waals surface area contributed by atoms with Gasteiger partial charge in [0.05, 0.1) is 13.2 Å². The van der Waals surface area contributed by atoms with Gasteiger partial charge in [0.15, 0.2) is 0 Å². The molecule has 0 saturated carbocycles. The Morgan fingerprint density at radius 2 is 1.94 bits per heavy atom. The Bertz CT molecular complexity index is 359. The van der Waals surface area contributed by atoms with Crippen LogP contribution in [0.1, 0.15) is 11.1 Å². The van der Waals surface area contributed by atoms with Crippen LogP contribution in [0, 0.1) is 6.92 Å². The summed E-state index contributed by atoms with van der Waals surface area (Å²) in [6.07, 6.45) is 0. The van der Waals surface area contributed by atoms with Gasteiger partial charge in [-0.25, -0.2) is 4.90 Å². The number of hydrogen-bond donors (Lipinski definition) is 2. The van der Waals surface area contributed by atoms with Crippen LogP contribution in [0.4, 0.5) is 0 Å². The van der Waals surface area contributed by atoms with Crippen LogP contribution < -0.4 is 0 Å². The van der Waals surface area contributed by atoms with E-state index in [1.165, 1.54) is 0 Å². The molecule has 1 heterocycles. The summed E-state index contributed by atoms with van der Waals surface area (Å²) in [5, 5.41) is 20.3. The highest BCUT2D eigenvalue weighted by atomic mass is 16.5. The van der Waals surface area contributed by atoms with Crippen molar-refractivity contribution >= 4 is 0 Å². The summed E-state index contributed by atoms with van der Waals surface area (Å²) in [7, 11) is 0. The van der Waals surface area contributed by atoms with Crippen molar-refractivity contribution in [2.24, 2.45) is 0 Å². The first-order chi connectivity index (χ1) is 7.60. The zero-order valence-corrected chi connectivity index (χ0v) is 9.39. The largest absolute Gasteiger partial charge is 0.379 e. The quantitative estimate of drug-likeness (QED) is 0.714. The van der Waals surface area contributed by atoms with Gasteiger partial charge >= 0.3 is 0 Å². The lowest BCUT2D eigenvalue weighted by atomic mass is 10.1. The molecule has 1 aromatic carbocycles. The Kier molecular flexibility index (Phi) is 3.25. The van der Waals surface area contributed by atoms with Crippen molar-refractivity contribution in [1.29, 1.82) is 0 Å². The van der Waals surface area contributed by atoms with E-state index in [4.69, 9.17) is 4.74 Å². The first-order valence-electron chi connectivity index (χ1n) is 5.45. The molecule has 16 heavy (non-hydrogen) atoms. The Morgan fingerprint density at radius 3 is 2.56 bits per heavy atom. The van der Waals surface area contributed by atoms with Gasteiger partial charge in [0, 0.05) is 18.7 Å². The highest BCUT2D eigenvalue weighted by molar-refractivity contribution is 5.25. The summed E-state index contributed by atoms with van der Waals surface area (Å²) in [4.78, 5) is 1.62. The second kappa shape index (κ2) is 4.51. The highest BCUT2D eigenvalue weighted by Crippen LogP contribution is 2.24. The first kappa shape index (κ1) is 11.5. The zero-order valence-electron chi connectivity index (χ0n) is 9.39. The van der Waals surface area contributed by atoms with Crippen molar-refractivity contribution in [3.63, 3.8) is 0 Å². The molecule has 4 nitrogen and oxygen atoms in total. The van der Waals surface area contributed by atoms with E-state index in [2.05, 4.69) is 0 Å². The van der Waals surface area contributed by atoms with Crippen molar-refractivity contribution in [1.82, 2.24) is 4.90 Å². The van der Waals surface area contributed by atoms with E-state index in [1.54, 1.807) is 17.0 Å². The number of hydrogen-bond acceptors (Lipinski definition) is 4. The van der Waals surface area contributed by atoms with E-state index < -0.39 is 5.91 Å². The van der Waals surface area contributed by atoms with Gasteiger partial charge in [-0.15, -0.1) is 0 Å². The van der Waals surface area contributed by atoms with Crippen LogP contribution in [-0.4, -0.2) is 41.4 Å². The molecule has 1 aliphatic heterocycles. The molecule has 0 atom stereocenters. The van der Waals surface area contributed by atoms with Crippen LogP contribution in [0.2, 0.25) is 0 Å². The normalized spacial score (nSPS) is 18.7. The molecule has 0 spiro atoms. The number of aryl methyl sites for hydroxylation is 1. The number of ether oxygens (including phenoxy) is 1. The molecule has 1 fully saturated rings. The number of morpholine rings is 1. The molecule has 0 aromatic heterocycles. The highest BCUT2D eigenvalue weighted by Gasteiger charge is 2.34. The maximum absolute atomic E-state index is 10.2. The molecule has 2 rings (SSSR count). The van der Waals surface area contributed by atoms with Crippen molar-refractivity contribution in [3.8, 4) is 0 Å². The Labute approximate surface area is 95.1 Å². The molecule has 0 unspecified atom stereocenters. The topological polar surface area (TPSA) is 52.9 Å². The summed E-state index contributed by atoms with van der Waals surface area (Å²) in [6, 6.07) is 7.27. The summed E-state index contributed by atoms with van der Waals surface area (Å²) in [5.74, 6) is -1.89. The third-order valence-electron chi connectivity index (χ3n) is 2.86. The van der Waals surface area contributed by atoms with Crippen LogP contribution in [0.3, 0.4) is 0 Å². The van der Waals surface area contributed by atoms with Gasteiger partial charge in [0.1, 0.15) is 0 Å². The lowest BCUT2D eigenvalue weighted by molar-refractivity contribution is -0.286. The summed E-state index contributed by atoms with van der Waals surface area (Å²) < 4.78 is 5.19. The van der Waals surface area contributed by atoms with Gasteiger partial charge in [-0.05, 0) is 13.0 Å². The fraction of sp³-hybridized carbons (Fsp3) is 0.500. The lowest BCUT2D eigenvalue weighted by Gasteiger charge is -2.37. The second-order valence-corrected chi connectivity index (χ2v) is 4.10. The standard InChI is InChI=1S/C12H17NO3/c1-10-3-2-4-11(9-10)12(14,15)13-5-7-16-8-6-13/h2-4,9,14-15H,5-8H2,1H3. The molecule has 88 valence electrons. The molecule has 2 N–H and O–H groups in total. The van der Waals surface area contributed by atoms with Crippen molar-refractivity contribution in [2.45, 2.75) is 12.8 Å². The molecule has 0 amide bonds. The van der Waals surface area contributed by atoms with Crippen LogP contribution in [-0.2, 0) is 10.6 Å². The average molecular weight is 223 g/mol.